The summed E-state index contributed by atoms with van der Waals surface area (Å²) < 4.78 is 140. The van der Waals surface area contributed by atoms with Crippen molar-refractivity contribution in [3.05, 3.63) is 169 Å². The van der Waals surface area contributed by atoms with Gasteiger partial charge in [-0.3, -0.25) is 0 Å². The smallest absolute Gasteiger partial charge is 0.143 e. The van der Waals surface area contributed by atoms with E-state index >= 15 is 0 Å². The molecule has 0 bridgehead atoms. The van der Waals surface area contributed by atoms with E-state index in [4.69, 9.17) is 18.1 Å². The predicted molar refractivity (Wildman–Crippen MR) is 190 cm³/mol. The van der Waals surface area contributed by atoms with Gasteiger partial charge in [0.2, 0.25) is 0 Å². The van der Waals surface area contributed by atoms with Crippen molar-refractivity contribution in [2.45, 2.75) is 0 Å². The molecule has 45 heavy (non-hydrogen) atoms. The molecule has 9 rings (SSSR count). The lowest BCUT2D eigenvalue weighted by Gasteiger charge is -2.18. The highest BCUT2D eigenvalue weighted by Crippen LogP contribution is 2.45. The van der Waals surface area contributed by atoms with Gasteiger partial charge in [0.15, 0.2) is 0 Å². The summed E-state index contributed by atoms with van der Waals surface area (Å²) in [5.74, 6) is 0. The van der Waals surface area contributed by atoms with Gasteiger partial charge in [-0.05, 0) is 72.6 Å². The van der Waals surface area contributed by atoms with E-state index in [1.165, 1.54) is 0 Å². The zero-order valence-corrected chi connectivity index (χ0v) is 23.4. The average Bonchev–Trinajstić information content (AvgIpc) is 3.66. The van der Waals surface area contributed by atoms with Crippen molar-refractivity contribution in [2.75, 3.05) is 0 Å². The minimum atomic E-state index is -0.698. The summed E-state index contributed by atoms with van der Waals surface area (Å²) in [6.45, 7) is 0. The first-order valence-corrected chi connectivity index (χ1v) is 14.2. The highest BCUT2D eigenvalue weighted by molar-refractivity contribution is 6.22. The van der Waals surface area contributed by atoms with E-state index in [1.54, 1.807) is 78.9 Å². The van der Waals surface area contributed by atoms with E-state index in [0.29, 0.717) is 38.2 Å². The summed E-state index contributed by atoms with van der Waals surface area (Å²) in [6.07, 6.45) is 0. The first-order valence-electron chi connectivity index (χ1n) is 21.7. The van der Waals surface area contributed by atoms with Crippen LogP contribution in [-0.2, 0) is 0 Å². The van der Waals surface area contributed by atoms with Crippen LogP contribution in [-0.4, -0.2) is 0 Å². The Morgan fingerprint density at radius 2 is 0.956 bits per heavy atom. The molecule has 0 fully saturated rings. The van der Waals surface area contributed by atoms with E-state index < -0.39 is 72.0 Å². The van der Waals surface area contributed by atoms with E-state index in [1.807, 2.05) is 0 Å². The number of benzene rings is 8. The van der Waals surface area contributed by atoms with Gasteiger partial charge in [0, 0.05) is 16.3 Å². The van der Waals surface area contributed by atoms with E-state index in [0.717, 1.165) is 0 Å². The van der Waals surface area contributed by atoms with Crippen LogP contribution >= 0.6 is 0 Å². The molecule has 210 valence electrons. The molecule has 0 aliphatic rings. The Balaban J connectivity index is 1.41. The molecule has 9 aromatic rings. The van der Waals surface area contributed by atoms with Gasteiger partial charge in [-0.15, -0.1) is 0 Å². The second-order valence-electron chi connectivity index (χ2n) is 10.5. The van der Waals surface area contributed by atoms with Gasteiger partial charge in [-0.25, -0.2) is 0 Å². The largest absolute Gasteiger partial charge is 0.455 e. The highest BCUT2D eigenvalue weighted by Gasteiger charge is 2.18. The van der Waals surface area contributed by atoms with E-state index in [2.05, 4.69) is 0 Å². The summed E-state index contributed by atoms with van der Waals surface area (Å²) in [5.41, 5.74) is -0.0826. The van der Waals surface area contributed by atoms with Crippen LogP contribution in [0.25, 0.3) is 88.0 Å². The third kappa shape index (κ3) is 4.17. The molecule has 0 aliphatic carbocycles. The molecule has 0 unspecified atom stereocenters. The monoisotopic (exact) mass is 587 g/mol. The number of furan rings is 1. The van der Waals surface area contributed by atoms with Crippen molar-refractivity contribution in [1.29, 1.82) is 0 Å². The molecule has 1 heterocycles. The Hall–Kier alpha value is -5.92. The van der Waals surface area contributed by atoms with Crippen LogP contribution < -0.4 is 0 Å². The van der Waals surface area contributed by atoms with Crippen molar-refractivity contribution in [3.63, 3.8) is 0 Å². The fourth-order valence-corrected chi connectivity index (χ4v) is 5.95. The molecule has 0 amide bonds. The van der Waals surface area contributed by atoms with Crippen LogP contribution in [0.1, 0.15) is 20.6 Å². The van der Waals surface area contributed by atoms with Crippen LogP contribution in [0.5, 0.6) is 0 Å². The molecule has 0 radical (unpaired) electrons. The van der Waals surface area contributed by atoms with E-state index in [-0.39, 0.29) is 68.4 Å². The normalized spacial score (nSPS) is 16.2. The standard InChI is InChI=1S/C44H28O/c1-3-12-29(13-4-1)30-22-24-32(25-23-30)42-36-16-7-9-18-38(36)43(39-19-10-8-17-37(39)42)33-26-27-35-40-21-11-20-34(31-14-5-2-6-15-31)44(40)45-41(35)28-33/h1-28H/i2D,5D,6D,11D,14D,15D,20D,21D,22D,23D,24D,25D,26D,27D,28D. The molecule has 0 N–H and O–H groups in total. The second-order valence-corrected chi connectivity index (χ2v) is 10.5. The Morgan fingerprint density at radius 3 is 1.62 bits per heavy atom. The topological polar surface area (TPSA) is 13.1 Å². The maximum absolute atomic E-state index is 9.66. The Labute approximate surface area is 282 Å². The summed E-state index contributed by atoms with van der Waals surface area (Å²) in [5, 5.41) is 1.44. The number of hydrogen-bond acceptors (Lipinski definition) is 1. The zero-order chi connectivity index (χ0) is 42.8. The minimum Gasteiger partial charge on any atom is -0.455 e. The number of hydrogen-bond donors (Lipinski definition) is 0. The molecule has 0 spiro atoms. The number of para-hydroxylation sites is 1. The lowest BCUT2D eigenvalue weighted by Crippen LogP contribution is -1.91. The van der Waals surface area contributed by atoms with Crippen molar-refractivity contribution < 1.29 is 25.0 Å². The average molecular weight is 588 g/mol. The number of rotatable bonds is 4. The molecule has 0 saturated heterocycles. The van der Waals surface area contributed by atoms with Crippen molar-refractivity contribution in [2.24, 2.45) is 0 Å². The molecule has 0 atom stereocenters. The first-order chi connectivity index (χ1) is 28.6. The maximum atomic E-state index is 9.66. The van der Waals surface area contributed by atoms with Crippen LogP contribution in [0.2, 0.25) is 0 Å². The zero-order valence-electron chi connectivity index (χ0n) is 38.4. The van der Waals surface area contributed by atoms with Gasteiger partial charge in [0.1, 0.15) is 11.2 Å². The van der Waals surface area contributed by atoms with Gasteiger partial charge in [0.25, 0.3) is 0 Å². The third-order valence-electron chi connectivity index (χ3n) is 7.93. The summed E-state index contributed by atoms with van der Waals surface area (Å²) in [7, 11) is 0. The Kier molecular flexibility index (Phi) is 3.39. The molecule has 0 saturated carbocycles. The summed E-state index contributed by atoms with van der Waals surface area (Å²) >= 11 is 0. The summed E-state index contributed by atoms with van der Waals surface area (Å²) in [6, 6.07) is 15.0. The van der Waals surface area contributed by atoms with Crippen LogP contribution in [0, 0.1) is 0 Å². The van der Waals surface area contributed by atoms with Gasteiger partial charge < -0.3 is 4.42 Å². The fraction of sp³-hybridized carbons (Fsp3) is 0. The minimum absolute atomic E-state index is 0.0512. The highest BCUT2D eigenvalue weighted by atomic mass is 16.3. The lowest BCUT2D eigenvalue weighted by molar-refractivity contribution is 0.670. The molecule has 8 aromatic carbocycles. The Bertz CT molecular complexity index is 3260. The molecule has 1 heteroatoms. The van der Waals surface area contributed by atoms with Crippen LogP contribution in [0.15, 0.2) is 174 Å². The van der Waals surface area contributed by atoms with Crippen molar-refractivity contribution in [1.82, 2.24) is 0 Å². The Morgan fingerprint density at radius 1 is 0.378 bits per heavy atom. The quantitative estimate of drug-likeness (QED) is 0.187. The first kappa shape index (κ1) is 14.7. The van der Waals surface area contributed by atoms with Crippen molar-refractivity contribution >= 4 is 43.5 Å². The number of fused-ring (bicyclic) bond motifs is 5. The second kappa shape index (κ2) is 10.4. The van der Waals surface area contributed by atoms with Crippen LogP contribution in [0.4, 0.5) is 0 Å². The fourth-order valence-electron chi connectivity index (χ4n) is 5.95. The third-order valence-corrected chi connectivity index (χ3v) is 7.93. The van der Waals surface area contributed by atoms with Gasteiger partial charge in [0.05, 0.1) is 20.6 Å². The summed E-state index contributed by atoms with van der Waals surface area (Å²) in [4.78, 5) is 0. The van der Waals surface area contributed by atoms with Crippen molar-refractivity contribution in [3.8, 4) is 44.5 Å². The molecule has 1 nitrogen and oxygen atoms in total. The molecule has 1 aromatic heterocycles. The molecular formula is C44H28O. The van der Waals surface area contributed by atoms with Gasteiger partial charge >= 0.3 is 0 Å². The SMILES string of the molecule is [2H]c1c([2H])c([2H])c(-c2c([2H])c([2H])c([2H])c3c2oc2c([2H])c(-c4c5ccccc5c(-c5c([2H])c([2H])c(-c6ccccc6)c([2H])c5[2H])c5ccccc45)c([2H])c([2H])c23)c([2H])c1[2H]. The molecule has 0 aliphatic heterocycles. The van der Waals surface area contributed by atoms with Gasteiger partial charge in [-0.1, -0.05) is 157 Å². The van der Waals surface area contributed by atoms with Gasteiger partial charge in [-0.2, -0.15) is 0 Å². The van der Waals surface area contributed by atoms with E-state index in [9.17, 15) is 6.85 Å². The molecular weight excluding hydrogens is 544 g/mol. The maximum Gasteiger partial charge on any atom is 0.143 e. The predicted octanol–water partition coefficient (Wildman–Crippen LogP) is 12.6. The van der Waals surface area contributed by atoms with Crippen LogP contribution in [0.3, 0.4) is 0 Å². The lowest BCUT2D eigenvalue weighted by atomic mass is 9.85.